The molecule has 2 amide bonds. The number of hydrogen-bond acceptors (Lipinski definition) is 3. The van der Waals surface area contributed by atoms with Crippen LogP contribution in [0.3, 0.4) is 0 Å². The number of rotatable bonds is 3. The predicted octanol–water partition coefficient (Wildman–Crippen LogP) is 1.94. The Morgan fingerprint density at radius 1 is 1.48 bits per heavy atom. The molecule has 0 aromatic heterocycles. The van der Waals surface area contributed by atoms with Gasteiger partial charge >= 0.3 is 6.03 Å². The molecule has 1 heterocycles. The maximum atomic E-state index is 13.6. The van der Waals surface area contributed by atoms with Crippen LogP contribution < -0.4 is 10.6 Å². The average molecular weight is 312 g/mol. The van der Waals surface area contributed by atoms with Crippen LogP contribution in [-0.2, 0) is 0 Å². The predicted molar refractivity (Wildman–Crippen MR) is 78.2 cm³/mol. The summed E-state index contributed by atoms with van der Waals surface area (Å²) in [5.41, 5.74) is -1.49. The van der Waals surface area contributed by atoms with Crippen molar-refractivity contribution in [3.8, 4) is 12.3 Å². The molecule has 0 spiro atoms. The van der Waals surface area contributed by atoms with Gasteiger partial charge in [0.15, 0.2) is 11.6 Å². The van der Waals surface area contributed by atoms with Gasteiger partial charge < -0.3 is 15.7 Å². The minimum absolute atomic E-state index is 0.0253. The molecule has 1 unspecified atom stereocenters. The van der Waals surface area contributed by atoms with E-state index in [1.54, 1.807) is 11.8 Å². The molecule has 1 aromatic carbocycles. The van der Waals surface area contributed by atoms with Gasteiger partial charge in [-0.05, 0) is 24.3 Å². The molecule has 3 N–H and O–H groups in total. The quantitative estimate of drug-likeness (QED) is 0.748. The fraction of sp³-hybridized carbons (Fsp3) is 0.357. The summed E-state index contributed by atoms with van der Waals surface area (Å²) in [4.78, 5) is 11.7. The SMILES string of the molecule is C#Cc1cc(F)c(NC(=O)NCC2(O)CCSC2)c(F)c1. The fourth-order valence-corrected chi connectivity index (χ4v) is 3.21. The highest BCUT2D eigenvalue weighted by Crippen LogP contribution is 2.27. The third kappa shape index (κ3) is 3.86. The van der Waals surface area contributed by atoms with Crippen LogP contribution >= 0.6 is 11.8 Å². The largest absolute Gasteiger partial charge is 0.387 e. The van der Waals surface area contributed by atoms with Gasteiger partial charge in [-0.15, -0.1) is 6.42 Å². The minimum atomic E-state index is -0.966. The van der Waals surface area contributed by atoms with Crippen molar-refractivity contribution >= 4 is 23.5 Å². The van der Waals surface area contributed by atoms with Crippen LogP contribution in [0.5, 0.6) is 0 Å². The molecule has 0 bridgehead atoms. The lowest BCUT2D eigenvalue weighted by Crippen LogP contribution is -2.44. The Labute approximate surface area is 125 Å². The summed E-state index contributed by atoms with van der Waals surface area (Å²) in [6, 6.07) is 1.13. The molecule has 1 aliphatic rings. The van der Waals surface area contributed by atoms with Crippen LogP contribution in [0, 0.1) is 24.0 Å². The van der Waals surface area contributed by atoms with Crippen molar-refractivity contribution in [3.05, 3.63) is 29.3 Å². The number of thioether (sulfide) groups is 1. The van der Waals surface area contributed by atoms with Crippen molar-refractivity contribution in [1.29, 1.82) is 0 Å². The zero-order chi connectivity index (χ0) is 15.5. The molecule has 1 aliphatic heterocycles. The second-order valence-corrected chi connectivity index (χ2v) is 5.90. The number of halogens is 2. The molecule has 0 aliphatic carbocycles. The van der Waals surface area contributed by atoms with Crippen LogP contribution in [0.2, 0.25) is 0 Å². The second-order valence-electron chi connectivity index (χ2n) is 4.79. The number of carbonyl (C=O) groups is 1. The van der Waals surface area contributed by atoms with Gasteiger partial charge in [-0.2, -0.15) is 11.8 Å². The summed E-state index contributed by atoms with van der Waals surface area (Å²) in [6.07, 6.45) is 5.63. The summed E-state index contributed by atoms with van der Waals surface area (Å²) >= 11 is 1.59. The van der Waals surface area contributed by atoms with Crippen LogP contribution in [-0.4, -0.2) is 34.8 Å². The van der Waals surface area contributed by atoms with E-state index in [1.165, 1.54) is 0 Å². The lowest BCUT2D eigenvalue weighted by molar-refractivity contribution is 0.0706. The van der Waals surface area contributed by atoms with E-state index in [1.807, 2.05) is 0 Å². The van der Waals surface area contributed by atoms with Gasteiger partial charge in [0.05, 0.1) is 5.60 Å². The average Bonchev–Trinajstić information content (AvgIpc) is 2.88. The molecule has 112 valence electrons. The second kappa shape index (κ2) is 6.33. The van der Waals surface area contributed by atoms with E-state index in [0.717, 1.165) is 17.9 Å². The molecule has 7 heteroatoms. The Bertz CT molecular complexity index is 572. The first-order valence-corrected chi connectivity index (χ1v) is 7.40. The summed E-state index contributed by atoms with van der Waals surface area (Å²) in [5.74, 6) is 1.55. The first kappa shape index (κ1) is 15.6. The van der Waals surface area contributed by atoms with Crippen LogP contribution in [0.1, 0.15) is 12.0 Å². The molecule has 4 nitrogen and oxygen atoms in total. The number of benzene rings is 1. The number of aliphatic hydroxyl groups is 1. The van der Waals surface area contributed by atoms with Crippen molar-refractivity contribution < 1.29 is 18.7 Å². The first-order chi connectivity index (χ1) is 9.93. The number of nitrogens with one attached hydrogen (secondary N) is 2. The molecule has 2 rings (SSSR count). The van der Waals surface area contributed by atoms with E-state index in [-0.39, 0.29) is 12.1 Å². The highest BCUT2D eigenvalue weighted by molar-refractivity contribution is 7.99. The van der Waals surface area contributed by atoms with E-state index in [0.29, 0.717) is 12.2 Å². The van der Waals surface area contributed by atoms with Gasteiger partial charge in [-0.25, -0.2) is 13.6 Å². The van der Waals surface area contributed by atoms with Crippen molar-refractivity contribution in [3.63, 3.8) is 0 Å². The molecule has 1 atom stereocenters. The Hall–Kier alpha value is -1.78. The molecule has 0 radical (unpaired) electrons. The number of terminal acetylenes is 1. The first-order valence-electron chi connectivity index (χ1n) is 6.24. The third-order valence-electron chi connectivity index (χ3n) is 3.11. The topological polar surface area (TPSA) is 61.4 Å². The van der Waals surface area contributed by atoms with Gasteiger partial charge in [0, 0.05) is 17.9 Å². The summed E-state index contributed by atoms with van der Waals surface area (Å²) < 4.78 is 27.3. The fourth-order valence-electron chi connectivity index (χ4n) is 1.91. The standard InChI is InChI=1S/C14H14F2N2O2S/c1-2-9-5-10(15)12(11(16)6-9)18-13(19)17-7-14(20)3-4-21-8-14/h1,5-6,20H,3-4,7-8H2,(H2,17,18,19). The third-order valence-corrected chi connectivity index (χ3v) is 4.34. The number of carbonyl (C=O) groups excluding carboxylic acids is 1. The monoisotopic (exact) mass is 312 g/mol. The molecular weight excluding hydrogens is 298 g/mol. The normalized spacial score (nSPS) is 20.9. The molecule has 1 saturated heterocycles. The number of hydrogen-bond donors (Lipinski definition) is 3. The highest BCUT2D eigenvalue weighted by atomic mass is 32.2. The van der Waals surface area contributed by atoms with Crippen molar-refractivity contribution in [2.24, 2.45) is 0 Å². The Morgan fingerprint density at radius 3 is 2.67 bits per heavy atom. The van der Waals surface area contributed by atoms with E-state index < -0.39 is 29.0 Å². The van der Waals surface area contributed by atoms with Gasteiger partial charge in [-0.1, -0.05) is 5.92 Å². The van der Waals surface area contributed by atoms with Gasteiger partial charge in [0.25, 0.3) is 0 Å². The maximum absolute atomic E-state index is 13.6. The van der Waals surface area contributed by atoms with E-state index in [4.69, 9.17) is 6.42 Å². The molecule has 1 aromatic rings. The van der Waals surface area contributed by atoms with E-state index in [2.05, 4.69) is 16.6 Å². The van der Waals surface area contributed by atoms with Crippen molar-refractivity contribution in [2.75, 3.05) is 23.4 Å². The van der Waals surface area contributed by atoms with E-state index in [9.17, 15) is 18.7 Å². The lowest BCUT2D eigenvalue weighted by atomic mass is 10.0. The summed E-state index contributed by atoms with van der Waals surface area (Å²) in [6.45, 7) is 0.0253. The molecular formula is C14H14F2N2O2S. The van der Waals surface area contributed by atoms with Crippen molar-refractivity contribution in [1.82, 2.24) is 5.32 Å². The van der Waals surface area contributed by atoms with Crippen LogP contribution in [0.15, 0.2) is 12.1 Å². The zero-order valence-electron chi connectivity index (χ0n) is 11.1. The molecule has 1 fully saturated rings. The smallest absolute Gasteiger partial charge is 0.319 e. The van der Waals surface area contributed by atoms with E-state index >= 15 is 0 Å². The number of amides is 2. The number of anilines is 1. The van der Waals surface area contributed by atoms with Crippen molar-refractivity contribution in [2.45, 2.75) is 12.0 Å². The van der Waals surface area contributed by atoms with Gasteiger partial charge in [0.1, 0.15) is 5.69 Å². The maximum Gasteiger partial charge on any atom is 0.319 e. The molecule has 21 heavy (non-hydrogen) atoms. The Kier molecular flexibility index (Phi) is 4.70. The summed E-state index contributed by atoms with van der Waals surface area (Å²) in [7, 11) is 0. The highest BCUT2D eigenvalue weighted by Gasteiger charge is 2.32. The molecule has 0 saturated carbocycles. The summed E-state index contributed by atoms with van der Waals surface area (Å²) in [5, 5.41) is 14.5. The zero-order valence-corrected chi connectivity index (χ0v) is 11.9. The lowest BCUT2D eigenvalue weighted by Gasteiger charge is -2.21. The number of urea groups is 1. The van der Waals surface area contributed by atoms with Gasteiger partial charge in [-0.3, -0.25) is 0 Å². The van der Waals surface area contributed by atoms with Crippen LogP contribution in [0.4, 0.5) is 19.3 Å². The Morgan fingerprint density at radius 2 is 2.14 bits per heavy atom. The minimum Gasteiger partial charge on any atom is -0.387 e. The van der Waals surface area contributed by atoms with Gasteiger partial charge in [0.2, 0.25) is 0 Å². The Balaban J connectivity index is 1.98. The van der Waals surface area contributed by atoms with Crippen LogP contribution in [0.25, 0.3) is 0 Å².